The lowest BCUT2D eigenvalue weighted by molar-refractivity contribution is 0.340. The molecular formula is C25H22FNO5S. The van der Waals surface area contributed by atoms with Gasteiger partial charge in [0.05, 0.1) is 29.5 Å². The van der Waals surface area contributed by atoms with Crippen molar-refractivity contribution in [1.29, 1.82) is 0 Å². The van der Waals surface area contributed by atoms with Gasteiger partial charge in [-0.25, -0.2) is 12.8 Å². The summed E-state index contributed by atoms with van der Waals surface area (Å²) < 4.78 is 52.5. The quantitative estimate of drug-likeness (QED) is 0.402. The Labute approximate surface area is 190 Å². The first-order valence-corrected chi connectivity index (χ1v) is 11.8. The minimum Gasteiger partial charge on any atom is -0.497 e. The molecule has 0 bridgehead atoms. The Balaban J connectivity index is 1.90. The summed E-state index contributed by atoms with van der Waals surface area (Å²) in [7, 11) is -2.65. The van der Waals surface area contributed by atoms with Crippen LogP contribution < -0.4 is 14.9 Å². The maximum Gasteiger partial charge on any atom is 0.211 e. The highest BCUT2D eigenvalue weighted by Crippen LogP contribution is 2.25. The molecule has 0 aliphatic carbocycles. The van der Waals surface area contributed by atoms with Crippen LogP contribution in [0.1, 0.15) is 12.5 Å². The van der Waals surface area contributed by atoms with Crippen LogP contribution in [0.3, 0.4) is 0 Å². The molecule has 1 aromatic heterocycles. The van der Waals surface area contributed by atoms with Crippen LogP contribution in [0.5, 0.6) is 11.5 Å². The third-order valence-corrected chi connectivity index (χ3v) is 7.02. The Bertz CT molecular complexity index is 1460. The van der Waals surface area contributed by atoms with E-state index in [-0.39, 0.29) is 27.5 Å². The van der Waals surface area contributed by atoms with Crippen molar-refractivity contribution in [2.45, 2.75) is 23.3 Å². The number of pyridine rings is 1. The van der Waals surface area contributed by atoms with Crippen molar-refractivity contribution in [3.63, 3.8) is 0 Å². The highest BCUT2D eigenvalue weighted by atomic mass is 32.2. The summed E-state index contributed by atoms with van der Waals surface area (Å²) in [6, 6.07) is 16.8. The molecule has 0 unspecified atom stereocenters. The summed E-state index contributed by atoms with van der Waals surface area (Å²) in [4.78, 5) is 12.9. The van der Waals surface area contributed by atoms with Gasteiger partial charge < -0.3 is 14.0 Å². The molecule has 0 saturated carbocycles. The molecule has 4 rings (SSSR count). The zero-order valence-corrected chi connectivity index (χ0v) is 18.9. The zero-order chi connectivity index (χ0) is 23.6. The van der Waals surface area contributed by atoms with E-state index in [0.29, 0.717) is 23.6 Å². The van der Waals surface area contributed by atoms with Gasteiger partial charge in [-0.2, -0.15) is 0 Å². The molecule has 6 nitrogen and oxygen atoms in total. The smallest absolute Gasteiger partial charge is 0.211 e. The number of benzene rings is 3. The number of fused-ring (bicyclic) bond motifs is 1. The molecule has 4 aromatic rings. The van der Waals surface area contributed by atoms with E-state index < -0.39 is 15.3 Å². The fourth-order valence-electron chi connectivity index (χ4n) is 3.59. The summed E-state index contributed by atoms with van der Waals surface area (Å²) in [5.41, 5.74) is 0.672. The van der Waals surface area contributed by atoms with Gasteiger partial charge in [-0.1, -0.05) is 12.1 Å². The molecule has 0 fully saturated rings. The predicted octanol–water partition coefficient (Wildman–Crippen LogP) is 4.43. The molecular weight excluding hydrogens is 445 g/mol. The number of sulfone groups is 1. The second-order valence-corrected chi connectivity index (χ2v) is 9.29. The van der Waals surface area contributed by atoms with Crippen LogP contribution in [0, 0.1) is 5.82 Å². The summed E-state index contributed by atoms with van der Waals surface area (Å²) >= 11 is 0. The van der Waals surface area contributed by atoms with Gasteiger partial charge in [0.1, 0.15) is 22.2 Å². The number of halogens is 1. The van der Waals surface area contributed by atoms with E-state index in [4.69, 9.17) is 9.47 Å². The van der Waals surface area contributed by atoms with Crippen molar-refractivity contribution in [2.24, 2.45) is 0 Å². The van der Waals surface area contributed by atoms with Gasteiger partial charge in [-0.15, -0.1) is 0 Å². The van der Waals surface area contributed by atoms with Crippen molar-refractivity contribution in [3.05, 3.63) is 94.5 Å². The fourth-order valence-corrected chi connectivity index (χ4v) is 4.96. The average Bonchev–Trinajstić information content (AvgIpc) is 2.82. The maximum absolute atomic E-state index is 13.4. The molecule has 0 aliphatic rings. The number of ether oxygens (including phenoxy) is 2. The Morgan fingerprint density at radius 3 is 2.24 bits per heavy atom. The molecule has 33 heavy (non-hydrogen) atoms. The van der Waals surface area contributed by atoms with Gasteiger partial charge in [0.15, 0.2) is 0 Å². The summed E-state index contributed by atoms with van der Waals surface area (Å²) in [5.74, 6) is 0.601. The van der Waals surface area contributed by atoms with Crippen molar-refractivity contribution >= 4 is 20.7 Å². The van der Waals surface area contributed by atoms with E-state index >= 15 is 0 Å². The number of methoxy groups -OCH3 is 1. The lowest BCUT2D eigenvalue weighted by Crippen LogP contribution is -2.19. The Hall–Kier alpha value is -3.65. The molecule has 0 spiro atoms. The fraction of sp³-hybridized carbons (Fsp3) is 0.160. The predicted molar refractivity (Wildman–Crippen MR) is 123 cm³/mol. The van der Waals surface area contributed by atoms with Crippen LogP contribution in [-0.4, -0.2) is 26.7 Å². The van der Waals surface area contributed by atoms with E-state index in [0.717, 1.165) is 5.56 Å². The number of rotatable bonds is 7. The molecule has 0 saturated heterocycles. The molecule has 170 valence electrons. The minimum atomic E-state index is -4.12. The summed E-state index contributed by atoms with van der Waals surface area (Å²) in [6.45, 7) is 2.53. The normalized spacial score (nSPS) is 11.5. The van der Waals surface area contributed by atoms with Gasteiger partial charge in [-0.05, 0) is 67.1 Å². The number of aromatic nitrogens is 1. The molecule has 0 atom stereocenters. The maximum atomic E-state index is 13.4. The third-order valence-electron chi connectivity index (χ3n) is 5.26. The Kier molecular flexibility index (Phi) is 6.20. The minimum absolute atomic E-state index is 0.0152. The van der Waals surface area contributed by atoms with Gasteiger partial charge >= 0.3 is 0 Å². The molecule has 0 N–H and O–H groups in total. The molecule has 0 aliphatic heterocycles. The Morgan fingerprint density at radius 2 is 1.61 bits per heavy atom. The Morgan fingerprint density at radius 1 is 0.939 bits per heavy atom. The van der Waals surface area contributed by atoms with Crippen LogP contribution in [-0.2, 0) is 16.4 Å². The zero-order valence-electron chi connectivity index (χ0n) is 18.1. The van der Waals surface area contributed by atoms with E-state index in [2.05, 4.69) is 0 Å². The molecule has 0 amide bonds. The van der Waals surface area contributed by atoms with Crippen molar-refractivity contribution in [2.75, 3.05) is 13.7 Å². The van der Waals surface area contributed by atoms with Crippen LogP contribution in [0.4, 0.5) is 4.39 Å². The van der Waals surface area contributed by atoms with Crippen LogP contribution in [0.15, 0.2) is 87.5 Å². The first-order valence-electron chi connectivity index (χ1n) is 10.3. The average molecular weight is 468 g/mol. The lowest BCUT2D eigenvalue weighted by Gasteiger charge is -2.15. The molecule has 3 aromatic carbocycles. The first kappa shape index (κ1) is 22.5. The third kappa shape index (κ3) is 4.47. The molecule has 8 heteroatoms. The van der Waals surface area contributed by atoms with Gasteiger partial charge in [0, 0.05) is 12.7 Å². The number of hydrogen-bond donors (Lipinski definition) is 0. The second-order valence-electron chi connectivity index (χ2n) is 7.37. The van der Waals surface area contributed by atoms with E-state index in [1.807, 2.05) is 6.92 Å². The standard InChI is InChI=1S/C25H22FNO5S/c1-3-32-19-8-11-21(12-9-19)33(29,30)24-16-27(15-17-4-6-18(26)7-5-17)23-13-10-20(31-2)14-22(23)25(24)28/h4-14,16H,3,15H2,1-2H3. The topological polar surface area (TPSA) is 74.6 Å². The van der Waals surface area contributed by atoms with Gasteiger partial charge in [-0.3, -0.25) is 4.79 Å². The molecule has 1 heterocycles. The highest BCUT2D eigenvalue weighted by molar-refractivity contribution is 7.91. The van der Waals surface area contributed by atoms with Crippen LogP contribution in [0.2, 0.25) is 0 Å². The number of nitrogens with zero attached hydrogens (tertiary/aromatic N) is 1. The molecule has 0 radical (unpaired) electrons. The van der Waals surface area contributed by atoms with Gasteiger partial charge in [0.25, 0.3) is 0 Å². The van der Waals surface area contributed by atoms with E-state index in [1.165, 1.54) is 43.6 Å². The van der Waals surface area contributed by atoms with Crippen molar-refractivity contribution in [3.8, 4) is 11.5 Å². The largest absolute Gasteiger partial charge is 0.497 e. The monoisotopic (exact) mass is 467 g/mol. The SMILES string of the molecule is CCOc1ccc(S(=O)(=O)c2cn(Cc3ccc(F)cc3)c3ccc(OC)cc3c2=O)cc1. The van der Waals surface area contributed by atoms with Crippen molar-refractivity contribution < 1.29 is 22.3 Å². The summed E-state index contributed by atoms with van der Waals surface area (Å²) in [6.07, 6.45) is 1.34. The van der Waals surface area contributed by atoms with Crippen LogP contribution >= 0.6 is 0 Å². The van der Waals surface area contributed by atoms with E-state index in [1.54, 1.807) is 41.0 Å². The van der Waals surface area contributed by atoms with Crippen molar-refractivity contribution in [1.82, 2.24) is 4.57 Å². The van der Waals surface area contributed by atoms with Gasteiger partial charge in [0.2, 0.25) is 15.3 Å². The van der Waals surface area contributed by atoms with Crippen LogP contribution in [0.25, 0.3) is 10.9 Å². The lowest BCUT2D eigenvalue weighted by atomic mass is 10.1. The van der Waals surface area contributed by atoms with E-state index in [9.17, 15) is 17.6 Å². The highest BCUT2D eigenvalue weighted by Gasteiger charge is 2.24. The second kappa shape index (κ2) is 9.07. The first-order chi connectivity index (χ1) is 15.8. The summed E-state index contributed by atoms with van der Waals surface area (Å²) in [5, 5.41) is 0.212. The number of hydrogen-bond acceptors (Lipinski definition) is 5.